The zero-order valence-electron chi connectivity index (χ0n) is 11.5. The SMILES string of the molecule is CCCNC1CCN(C(=O)C(C)OC)CC1C. The summed E-state index contributed by atoms with van der Waals surface area (Å²) in [5.74, 6) is 0.636. The fraction of sp³-hybridized carbons (Fsp3) is 0.923. The van der Waals surface area contributed by atoms with Crippen LogP contribution in [0.25, 0.3) is 0 Å². The number of piperidine rings is 1. The van der Waals surface area contributed by atoms with Gasteiger partial charge in [-0.2, -0.15) is 0 Å². The maximum atomic E-state index is 12.0. The molecule has 0 radical (unpaired) electrons. The Bertz CT molecular complexity index is 246. The van der Waals surface area contributed by atoms with Gasteiger partial charge >= 0.3 is 0 Å². The van der Waals surface area contributed by atoms with Gasteiger partial charge in [0.25, 0.3) is 5.91 Å². The van der Waals surface area contributed by atoms with Crippen molar-refractivity contribution in [1.29, 1.82) is 0 Å². The summed E-state index contributed by atoms with van der Waals surface area (Å²) in [5.41, 5.74) is 0. The molecule has 0 spiro atoms. The Kier molecular flexibility index (Phi) is 5.92. The van der Waals surface area contributed by atoms with Crippen LogP contribution in [0.2, 0.25) is 0 Å². The van der Waals surface area contributed by atoms with E-state index in [1.165, 1.54) is 0 Å². The lowest BCUT2D eigenvalue weighted by Crippen LogP contribution is -2.52. The highest BCUT2D eigenvalue weighted by Crippen LogP contribution is 2.18. The maximum absolute atomic E-state index is 12.0. The lowest BCUT2D eigenvalue weighted by Gasteiger charge is -2.38. The molecule has 4 nitrogen and oxygen atoms in total. The minimum Gasteiger partial charge on any atom is -0.372 e. The van der Waals surface area contributed by atoms with Crippen molar-refractivity contribution in [2.24, 2.45) is 5.92 Å². The molecule has 1 rings (SSSR count). The minimum absolute atomic E-state index is 0.119. The largest absolute Gasteiger partial charge is 0.372 e. The number of ether oxygens (including phenoxy) is 1. The van der Waals surface area contributed by atoms with E-state index in [-0.39, 0.29) is 12.0 Å². The molecule has 0 aromatic rings. The Hall–Kier alpha value is -0.610. The highest BCUT2D eigenvalue weighted by Gasteiger charge is 2.30. The van der Waals surface area contributed by atoms with Gasteiger partial charge in [-0.05, 0) is 32.2 Å². The van der Waals surface area contributed by atoms with Crippen molar-refractivity contribution in [2.75, 3.05) is 26.7 Å². The molecule has 0 aromatic heterocycles. The number of likely N-dealkylation sites (tertiary alicyclic amines) is 1. The zero-order valence-corrected chi connectivity index (χ0v) is 11.5. The van der Waals surface area contributed by atoms with Crippen LogP contribution in [0.15, 0.2) is 0 Å². The topological polar surface area (TPSA) is 41.6 Å². The van der Waals surface area contributed by atoms with Crippen molar-refractivity contribution >= 4 is 5.91 Å². The molecule has 1 amide bonds. The van der Waals surface area contributed by atoms with Gasteiger partial charge in [-0.3, -0.25) is 4.79 Å². The fourth-order valence-electron chi connectivity index (χ4n) is 2.34. The number of hydrogen-bond donors (Lipinski definition) is 1. The summed E-state index contributed by atoms with van der Waals surface area (Å²) in [6, 6.07) is 0.553. The van der Waals surface area contributed by atoms with Gasteiger partial charge in [0.15, 0.2) is 0 Å². The van der Waals surface area contributed by atoms with Crippen molar-refractivity contribution in [3.8, 4) is 0 Å². The highest BCUT2D eigenvalue weighted by molar-refractivity contribution is 5.80. The predicted octanol–water partition coefficient (Wildman–Crippen LogP) is 1.26. The summed E-state index contributed by atoms with van der Waals surface area (Å²) < 4.78 is 5.09. The van der Waals surface area contributed by atoms with E-state index >= 15 is 0 Å². The van der Waals surface area contributed by atoms with Gasteiger partial charge in [-0.15, -0.1) is 0 Å². The molecule has 4 heteroatoms. The highest BCUT2D eigenvalue weighted by atomic mass is 16.5. The van der Waals surface area contributed by atoms with Crippen LogP contribution in [0.1, 0.15) is 33.6 Å². The van der Waals surface area contributed by atoms with Crippen molar-refractivity contribution in [1.82, 2.24) is 10.2 Å². The van der Waals surface area contributed by atoms with Gasteiger partial charge in [0.05, 0.1) is 0 Å². The first-order valence-corrected chi connectivity index (χ1v) is 6.65. The Morgan fingerprint density at radius 1 is 1.59 bits per heavy atom. The summed E-state index contributed by atoms with van der Waals surface area (Å²) in [6.45, 7) is 8.96. The average molecular weight is 242 g/mol. The van der Waals surface area contributed by atoms with Crippen LogP contribution in [-0.4, -0.2) is 49.7 Å². The van der Waals surface area contributed by atoms with Gasteiger partial charge in [0.2, 0.25) is 0 Å². The van der Waals surface area contributed by atoms with Gasteiger partial charge in [0, 0.05) is 26.2 Å². The Labute approximate surface area is 105 Å². The molecule has 3 unspecified atom stereocenters. The molecular weight excluding hydrogens is 216 g/mol. The molecule has 0 bridgehead atoms. The molecular formula is C13H26N2O2. The van der Waals surface area contributed by atoms with Crippen LogP contribution >= 0.6 is 0 Å². The van der Waals surface area contributed by atoms with Crippen molar-refractivity contribution < 1.29 is 9.53 Å². The summed E-state index contributed by atoms with van der Waals surface area (Å²) in [7, 11) is 1.58. The molecule has 1 N–H and O–H groups in total. The van der Waals surface area contributed by atoms with E-state index in [9.17, 15) is 4.79 Å². The second kappa shape index (κ2) is 6.97. The van der Waals surface area contributed by atoms with E-state index in [2.05, 4.69) is 19.2 Å². The summed E-state index contributed by atoms with van der Waals surface area (Å²) in [5, 5.41) is 3.55. The third-order valence-corrected chi connectivity index (χ3v) is 3.57. The number of nitrogens with zero attached hydrogens (tertiary/aromatic N) is 1. The molecule has 0 aromatic carbocycles. The summed E-state index contributed by atoms with van der Waals surface area (Å²) in [6.07, 6.45) is 1.89. The minimum atomic E-state index is -0.317. The second-order valence-electron chi connectivity index (χ2n) is 4.99. The first-order chi connectivity index (χ1) is 8.10. The fourth-order valence-corrected chi connectivity index (χ4v) is 2.34. The standard InChI is InChI=1S/C13H26N2O2/c1-5-7-14-12-6-8-15(9-10(12)2)13(16)11(3)17-4/h10-12,14H,5-9H2,1-4H3. The van der Waals surface area contributed by atoms with E-state index in [0.717, 1.165) is 32.5 Å². The molecule has 3 atom stereocenters. The predicted molar refractivity (Wildman–Crippen MR) is 68.9 cm³/mol. The second-order valence-corrected chi connectivity index (χ2v) is 4.99. The number of hydrogen-bond acceptors (Lipinski definition) is 3. The number of rotatable bonds is 5. The van der Waals surface area contributed by atoms with Crippen molar-refractivity contribution in [3.63, 3.8) is 0 Å². The smallest absolute Gasteiger partial charge is 0.251 e. The Morgan fingerprint density at radius 3 is 2.82 bits per heavy atom. The van der Waals surface area contributed by atoms with Crippen LogP contribution in [0.4, 0.5) is 0 Å². The molecule has 1 saturated heterocycles. The molecule has 100 valence electrons. The number of carbonyl (C=O) groups excluding carboxylic acids is 1. The van der Waals surface area contributed by atoms with E-state index in [4.69, 9.17) is 4.74 Å². The number of amides is 1. The lowest BCUT2D eigenvalue weighted by molar-refractivity contribution is -0.143. The van der Waals surface area contributed by atoms with Crippen LogP contribution < -0.4 is 5.32 Å². The molecule has 1 aliphatic rings. The zero-order chi connectivity index (χ0) is 12.8. The van der Waals surface area contributed by atoms with E-state index in [1.54, 1.807) is 7.11 Å². The quantitative estimate of drug-likeness (QED) is 0.789. The molecule has 1 fully saturated rings. The molecule has 1 heterocycles. The molecule has 1 aliphatic heterocycles. The average Bonchev–Trinajstić information content (AvgIpc) is 2.35. The van der Waals surface area contributed by atoms with Crippen LogP contribution in [0.5, 0.6) is 0 Å². The molecule has 17 heavy (non-hydrogen) atoms. The summed E-state index contributed by atoms with van der Waals surface area (Å²) in [4.78, 5) is 13.9. The van der Waals surface area contributed by atoms with Crippen LogP contribution in [0.3, 0.4) is 0 Å². The monoisotopic (exact) mass is 242 g/mol. The maximum Gasteiger partial charge on any atom is 0.251 e. The third kappa shape index (κ3) is 3.96. The lowest BCUT2D eigenvalue weighted by atomic mass is 9.93. The van der Waals surface area contributed by atoms with E-state index in [0.29, 0.717) is 12.0 Å². The third-order valence-electron chi connectivity index (χ3n) is 3.57. The van der Waals surface area contributed by atoms with Crippen molar-refractivity contribution in [2.45, 2.75) is 45.8 Å². The number of carbonyl (C=O) groups is 1. The Balaban J connectivity index is 2.43. The van der Waals surface area contributed by atoms with E-state index < -0.39 is 0 Å². The van der Waals surface area contributed by atoms with Crippen molar-refractivity contribution in [3.05, 3.63) is 0 Å². The summed E-state index contributed by atoms with van der Waals surface area (Å²) >= 11 is 0. The van der Waals surface area contributed by atoms with Gasteiger partial charge in [-0.25, -0.2) is 0 Å². The van der Waals surface area contributed by atoms with Crippen LogP contribution in [-0.2, 0) is 9.53 Å². The number of nitrogens with one attached hydrogen (secondary N) is 1. The van der Waals surface area contributed by atoms with Gasteiger partial charge in [0.1, 0.15) is 6.10 Å². The molecule has 0 aliphatic carbocycles. The first kappa shape index (κ1) is 14.5. The first-order valence-electron chi connectivity index (χ1n) is 6.65. The van der Waals surface area contributed by atoms with Gasteiger partial charge in [-0.1, -0.05) is 13.8 Å². The molecule has 0 saturated carbocycles. The van der Waals surface area contributed by atoms with Gasteiger partial charge < -0.3 is 15.0 Å². The number of methoxy groups -OCH3 is 1. The Morgan fingerprint density at radius 2 is 2.29 bits per heavy atom. The normalized spacial score (nSPS) is 26.9. The van der Waals surface area contributed by atoms with E-state index in [1.807, 2.05) is 11.8 Å². The van der Waals surface area contributed by atoms with Crippen LogP contribution in [0, 0.1) is 5.92 Å².